The molecule has 2 fully saturated rings. The molecule has 28 heavy (non-hydrogen) atoms. The Labute approximate surface area is 165 Å². The minimum absolute atomic E-state index is 0.244. The number of carbonyl (C=O) groups excluding carboxylic acids is 1. The molecule has 1 aromatic heterocycles. The van der Waals surface area contributed by atoms with Crippen LogP contribution in [0, 0.1) is 11.8 Å². The van der Waals surface area contributed by atoms with Gasteiger partial charge in [-0.1, -0.05) is 13.0 Å². The van der Waals surface area contributed by atoms with Crippen LogP contribution in [0.25, 0.3) is 0 Å². The lowest BCUT2D eigenvalue weighted by atomic mass is 9.92. The van der Waals surface area contributed by atoms with Crippen molar-refractivity contribution in [3.63, 3.8) is 0 Å². The third-order valence-electron chi connectivity index (χ3n) is 5.33. The summed E-state index contributed by atoms with van der Waals surface area (Å²) in [6.45, 7) is 7.15. The van der Waals surface area contributed by atoms with Crippen LogP contribution in [0.5, 0.6) is 0 Å². The van der Waals surface area contributed by atoms with Crippen LogP contribution in [0.3, 0.4) is 0 Å². The molecular weight excluding hydrogens is 362 g/mol. The largest absolute Gasteiger partial charge is 0.473 e. The summed E-state index contributed by atoms with van der Waals surface area (Å²) in [7, 11) is 0. The Balaban J connectivity index is 0.000000409. The first-order chi connectivity index (χ1) is 13.4. The highest BCUT2D eigenvalue weighted by Crippen LogP contribution is 2.24. The average Bonchev–Trinajstić information content (AvgIpc) is 2.70. The number of pyridine rings is 1. The van der Waals surface area contributed by atoms with E-state index in [1.165, 1.54) is 12.8 Å². The highest BCUT2D eigenvalue weighted by Gasteiger charge is 2.30. The number of nitrogens with zero attached hydrogens (tertiary/aromatic N) is 3. The van der Waals surface area contributed by atoms with Crippen molar-refractivity contribution in [1.29, 1.82) is 0 Å². The molecule has 0 aliphatic carbocycles. The van der Waals surface area contributed by atoms with Gasteiger partial charge >= 0.3 is 11.9 Å². The lowest BCUT2D eigenvalue weighted by molar-refractivity contribution is -0.159. The quantitative estimate of drug-likeness (QED) is 0.755. The maximum atomic E-state index is 12.6. The predicted molar refractivity (Wildman–Crippen MR) is 102 cm³/mol. The molecule has 0 spiro atoms. The second-order valence-corrected chi connectivity index (χ2v) is 7.49. The summed E-state index contributed by atoms with van der Waals surface area (Å²) in [6, 6.07) is 6.07. The van der Waals surface area contributed by atoms with Gasteiger partial charge in [-0.3, -0.25) is 14.7 Å². The van der Waals surface area contributed by atoms with Gasteiger partial charge in [-0.2, -0.15) is 0 Å². The maximum absolute atomic E-state index is 12.6. The number of carboxylic acid groups (broad SMARTS) is 2. The Bertz CT molecular complexity index is 639. The minimum atomic E-state index is -1.82. The van der Waals surface area contributed by atoms with Gasteiger partial charge in [0.2, 0.25) is 5.91 Å². The van der Waals surface area contributed by atoms with Crippen LogP contribution in [0.15, 0.2) is 24.4 Å². The Kier molecular flexibility index (Phi) is 8.38. The maximum Gasteiger partial charge on any atom is 0.414 e. The van der Waals surface area contributed by atoms with Crippen molar-refractivity contribution < 1.29 is 24.6 Å². The molecule has 2 aliphatic heterocycles. The Morgan fingerprint density at radius 2 is 1.61 bits per heavy atom. The first kappa shape index (κ1) is 21.8. The van der Waals surface area contributed by atoms with E-state index < -0.39 is 11.9 Å². The highest BCUT2D eigenvalue weighted by atomic mass is 16.4. The topological polar surface area (TPSA) is 111 Å². The highest BCUT2D eigenvalue weighted by molar-refractivity contribution is 6.27. The minimum Gasteiger partial charge on any atom is -0.473 e. The third kappa shape index (κ3) is 6.92. The summed E-state index contributed by atoms with van der Waals surface area (Å²) in [5.74, 6) is -2.22. The molecule has 0 aromatic carbocycles. The van der Waals surface area contributed by atoms with E-state index in [4.69, 9.17) is 19.8 Å². The molecule has 154 valence electrons. The van der Waals surface area contributed by atoms with Gasteiger partial charge in [0.15, 0.2) is 0 Å². The fourth-order valence-electron chi connectivity index (χ4n) is 3.55. The van der Waals surface area contributed by atoms with Gasteiger partial charge in [0.1, 0.15) is 0 Å². The summed E-state index contributed by atoms with van der Waals surface area (Å²) in [5.41, 5.74) is 1.12. The number of carbonyl (C=O) groups is 3. The fraction of sp³-hybridized carbons (Fsp3) is 0.600. The normalized spacial score (nSPS) is 18.8. The van der Waals surface area contributed by atoms with Gasteiger partial charge in [-0.15, -0.1) is 0 Å². The Morgan fingerprint density at radius 3 is 2.11 bits per heavy atom. The molecule has 1 aromatic rings. The molecule has 0 radical (unpaired) electrons. The van der Waals surface area contributed by atoms with Crippen molar-refractivity contribution in [2.24, 2.45) is 11.8 Å². The van der Waals surface area contributed by atoms with Crippen molar-refractivity contribution in [2.45, 2.75) is 39.2 Å². The molecular formula is C20H29N3O5. The van der Waals surface area contributed by atoms with E-state index in [0.717, 1.165) is 57.2 Å². The van der Waals surface area contributed by atoms with Crippen molar-refractivity contribution in [1.82, 2.24) is 14.8 Å². The second kappa shape index (κ2) is 10.8. The molecule has 3 rings (SSSR count). The molecule has 0 atom stereocenters. The smallest absolute Gasteiger partial charge is 0.414 e. The first-order valence-corrected chi connectivity index (χ1v) is 9.74. The summed E-state index contributed by atoms with van der Waals surface area (Å²) in [6.07, 6.45) is 6.19. The van der Waals surface area contributed by atoms with Crippen molar-refractivity contribution in [2.75, 3.05) is 26.2 Å². The van der Waals surface area contributed by atoms with Gasteiger partial charge in [0.25, 0.3) is 0 Å². The average molecular weight is 391 g/mol. The third-order valence-corrected chi connectivity index (χ3v) is 5.33. The zero-order chi connectivity index (χ0) is 20.5. The van der Waals surface area contributed by atoms with Gasteiger partial charge in [0.05, 0.1) is 5.69 Å². The lowest BCUT2D eigenvalue weighted by Crippen LogP contribution is -2.45. The second-order valence-electron chi connectivity index (χ2n) is 7.49. The number of amides is 1. The van der Waals surface area contributed by atoms with Crippen LogP contribution < -0.4 is 0 Å². The van der Waals surface area contributed by atoms with Crippen molar-refractivity contribution in [3.05, 3.63) is 30.1 Å². The van der Waals surface area contributed by atoms with Crippen LogP contribution in [0.2, 0.25) is 0 Å². The molecule has 2 aliphatic rings. The van der Waals surface area contributed by atoms with Crippen LogP contribution >= 0.6 is 0 Å². The molecule has 3 heterocycles. The van der Waals surface area contributed by atoms with Crippen LogP contribution in [0.1, 0.15) is 38.3 Å². The summed E-state index contributed by atoms with van der Waals surface area (Å²) >= 11 is 0. The zero-order valence-electron chi connectivity index (χ0n) is 16.3. The Hall–Kier alpha value is -2.48. The Morgan fingerprint density at radius 1 is 1.00 bits per heavy atom. The van der Waals surface area contributed by atoms with E-state index in [-0.39, 0.29) is 5.92 Å². The molecule has 0 saturated carbocycles. The number of carboxylic acids is 2. The van der Waals surface area contributed by atoms with E-state index >= 15 is 0 Å². The van der Waals surface area contributed by atoms with Crippen LogP contribution in [-0.2, 0) is 20.9 Å². The SMILES string of the molecule is CC1CCN(C(=O)C2CCN(Cc3ccccn3)CC2)CC1.O=C(O)C(=O)O. The molecule has 8 heteroatoms. The first-order valence-electron chi connectivity index (χ1n) is 9.74. The number of rotatable bonds is 3. The number of piperidine rings is 2. The molecule has 2 saturated heterocycles. The lowest BCUT2D eigenvalue weighted by Gasteiger charge is -2.36. The van der Waals surface area contributed by atoms with E-state index in [0.29, 0.717) is 5.91 Å². The van der Waals surface area contributed by atoms with E-state index in [1.807, 2.05) is 18.3 Å². The monoisotopic (exact) mass is 391 g/mol. The summed E-state index contributed by atoms with van der Waals surface area (Å²) < 4.78 is 0. The number of aliphatic carboxylic acids is 2. The van der Waals surface area contributed by atoms with E-state index in [9.17, 15) is 4.79 Å². The van der Waals surface area contributed by atoms with E-state index in [2.05, 4.69) is 27.8 Å². The standard InChI is InChI=1S/C18H27N3O.C2H2O4/c1-15-5-12-21(13-6-15)18(22)16-7-10-20(11-8-16)14-17-4-2-3-9-19-17;3-1(4)2(5)6/h2-4,9,15-16H,5-8,10-14H2,1H3;(H,3,4)(H,5,6). The number of aromatic nitrogens is 1. The molecule has 0 unspecified atom stereocenters. The van der Waals surface area contributed by atoms with E-state index in [1.54, 1.807) is 0 Å². The van der Waals surface area contributed by atoms with Gasteiger partial charge in [0, 0.05) is 31.7 Å². The van der Waals surface area contributed by atoms with Crippen molar-refractivity contribution >= 4 is 17.8 Å². The predicted octanol–water partition coefficient (Wildman–Crippen LogP) is 1.71. The number of hydrogen-bond donors (Lipinski definition) is 2. The molecule has 1 amide bonds. The van der Waals surface area contributed by atoms with Crippen molar-refractivity contribution in [3.8, 4) is 0 Å². The van der Waals surface area contributed by atoms with Gasteiger partial charge in [-0.25, -0.2) is 9.59 Å². The van der Waals surface area contributed by atoms with Gasteiger partial charge < -0.3 is 15.1 Å². The van der Waals surface area contributed by atoms with Crippen LogP contribution in [0.4, 0.5) is 0 Å². The summed E-state index contributed by atoms with van der Waals surface area (Å²) in [5, 5.41) is 14.8. The number of likely N-dealkylation sites (tertiary alicyclic amines) is 2. The fourth-order valence-corrected chi connectivity index (χ4v) is 3.55. The number of hydrogen-bond acceptors (Lipinski definition) is 5. The van der Waals surface area contributed by atoms with Crippen LogP contribution in [-0.4, -0.2) is 69.0 Å². The molecule has 8 nitrogen and oxygen atoms in total. The van der Waals surface area contributed by atoms with Gasteiger partial charge in [-0.05, 0) is 56.8 Å². The molecule has 2 N–H and O–H groups in total. The molecule has 0 bridgehead atoms. The zero-order valence-corrected chi connectivity index (χ0v) is 16.3. The summed E-state index contributed by atoms with van der Waals surface area (Å²) in [4.78, 5) is 39.7.